The third kappa shape index (κ3) is 4.84. The smallest absolute Gasteiger partial charge is 0.408 e. The van der Waals surface area contributed by atoms with Gasteiger partial charge in [-0.1, -0.05) is 42.5 Å². The number of methoxy groups -OCH3 is 1. The number of ether oxygens (including phenoxy) is 2. The highest BCUT2D eigenvalue weighted by Gasteiger charge is 2.24. The van der Waals surface area contributed by atoms with Crippen molar-refractivity contribution in [2.75, 3.05) is 12.4 Å². The molecule has 7 heteroatoms. The quantitative estimate of drug-likeness (QED) is 0.763. The number of amides is 2. The van der Waals surface area contributed by atoms with Crippen molar-refractivity contribution in [1.29, 1.82) is 0 Å². The van der Waals surface area contributed by atoms with Crippen LogP contribution in [-0.2, 0) is 38.5 Å². The number of fused-ring (bicyclic) bond motifs is 1. The molecule has 1 unspecified atom stereocenters. The molecular weight excluding hydrogens is 348 g/mol. The standard InChI is InChI=1S/C20H20N2O5/c1-26-19(24)17(22-20(25)27-12-13-5-3-2-4-6-13)10-14-7-8-16-15(9-14)11-18(23)21-16/h2-9,17H,10-12H2,1H3,(H,21,23)(H,22,25). The zero-order valence-corrected chi connectivity index (χ0v) is 14.9. The molecule has 1 atom stereocenters. The molecule has 0 bridgehead atoms. The maximum atomic E-state index is 12.1. The maximum Gasteiger partial charge on any atom is 0.408 e. The second-order valence-electron chi connectivity index (χ2n) is 6.20. The van der Waals surface area contributed by atoms with Crippen molar-refractivity contribution in [2.24, 2.45) is 0 Å². The fourth-order valence-electron chi connectivity index (χ4n) is 2.89. The number of carbonyl (C=O) groups excluding carboxylic acids is 3. The molecule has 3 rings (SSSR count). The summed E-state index contributed by atoms with van der Waals surface area (Å²) in [7, 11) is 1.26. The van der Waals surface area contributed by atoms with Crippen molar-refractivity contribution >= 4 is 23.7 Å². The molecule has 140 valence electrons. The number of anilines is 1. The summed E-state index contributed by atoms with van der Waals surface area (Å²) in [6, 6.07) is 13.8. The van der Waals surface area contributed by atoms with Gasteiger partial charge in [0.2, 0.25) is 5.91 Å². The van der Waals surface area contributed by atoms with Crippen molar-refractivity contribution in [3.63, 3.8) is 0 Å². The van der Waals surface area contributed by atoms with E-state index in [-0.39, 0.29) is 18.9 Å². The van der Waals surface area contributed by atoms with Crippen LogP contribution in [0, 0.1) is 0 Å². The Labute approximate surface area is 156 Å². The maximum absolute atomic E-state index is 12.1. The van der Waals surface area contributed by atoms with Gasteiger partial charge in [0.05, 0.1) is 13.5 Å². The van der Waals surface area contributed by atoms with E-state index in [1.165, 1.54) is 7.11 Å². The van der Waals surface area contributed by atoms with Crippen LogP contribution in [0.4, 0.5) is 10.5 Å². The van der Waals surface area contributed by atoms with Crippen LogP contribution in [-0.4, -0.2) is 31.1 Å². The lowest BCUT2D eigenvalue weighted by molar-refractivity contribution is -0.143. The first-order valence-corrected chi connectivity index (χ1v) is 8.52. The highest BCUT2D eigenvalue weighted by Crippen LogP contribution is 2.24. The third-order valence-electron chi connectivity index (χ3n) is 4.23. The first kappa shape index (κ1) is 18.4. The Balaban J connectivity index is 1.62. The monoisotopic (exact) mass is 368 g/mol. The molecular formula is C20H20N2O5. The summed E-state index contributed by atoms with van der Waals surface area (Å²) in [4.78, 5) is 35.6. The van der Waals surface area contributed by atoms with E-state index in [9.17, 15) is 14.4 Å². The highest BCUT2D eigenvalue weighted by molar-refractivity contribution is 5.99. The molecule has 0 saturated carbocycles. The molecule has 2 aromatic rings. The molecule has 1 aliphatic heterocycles. The second-order valence-corrected chi connectivity index (χ2v) is 6.20. The largest absolute Gasteiger partial charge is 0.467 e. The van der Waals surface area contributed by atoms with Crippen LogP contribution in [0.1, 0.15) is 16.7 Å². The van der Waals surface area contributed by atoms with Gasteiger partial charge < -0.3 is 20.1 Å². The van der Waals surface area contributed by atoms with Crippen molar-refractivity contribution in [3.8, 4) is 0 Å². The molecule has 1 aliphatic rings. The Kier molecular flexibility index (Phi) is 5.71. The third-order valence-corrected chi connectivity index (χ3v) is 4.23. The predicted molar refractivity (Wildman–Crippen MR) is 98.0 cm³/mol. The molecule has 0 aliphatic carbocycles. The molecule has 0 radical (unpaired) electrons. The van der Waals surface area contributed by atoms with E-state index < -0.39 is 18.1 Å². The van der Waals surface area contributed by atoms with E-state index >= 15 is 0 Å². The summed E-state index contributed by atoms with van der Waals surface area (Å²) < 4.78 is 9.95. The van der Waals surface area contributed by atoms with E-state index in [4.69, 9.17) is 9.47 Å². The minimum Gasteiger partial charge on any atom is -0.467 e. The van der Waals surface area contributed by atoms with E-state index in [0.29, 0.717) is 6.42 Å². The van der Waals surface area contributed by atoms with Crippen molar-refractivity contribution in [3.05, 3.63) is 65.2 Å². The Morgan fingerprint density at radius 2 is 1.93 bits per heavy atom. The summed E-state index contributed by atoms with van der Waals surface area (Å²) in [5.41, 5.74) is 3.29. The normalized spacial score (nSPS) is 13.3. The average Bonchev–Trinajstić information content (AvgIpc) is 3.05. The lowest BCUT2D eigenvalue weighted by Crippen LogP contribution is -2.43. The number of rotatable bonds is 6. The molecule has 0 fully saturated rings. The lowest BCUT2D eigenvalue weighted by atomic mass is 10.0. The molecule has 0 aromatic heterocycles. The van der Waals surface area contributed by atoms with Crippen molar-refractivity contribution in [1.82, 2.24) is 5.32 Å². The van der Waals surface area contributed by atoms with Gasteiger partial charge >= 0.3 is 12.1 Å². The van der Waals surface area contributed by atoms with E-state index in [2.05, 4.69) is 10.6 Å². The van der Waals surface area contributed by atoms with Crippen LogP contribution in [0.2, 0.25) is 0 Å². The molecule has 1 heterocycles. The fraction of sp³-hybridized carbons (Fsp3) is 0.250. The van der Waals surface area contributed by atoms with Crippen LogP contribution in [0.25, 0.3) is 0 Å². The van der Waals surface area contributed by atoms with E-state index in [1.807, 2.05) is 36.4 Å². The van der Waals surface area contributed by atoms with Gasteiger partial charge in [-0.2, -0.15) is 0 Å². The number of alkyl carbamates (subject to hydrolysis) is 1. The topological polar surface area (TPSA) is 93.7 Å². The average molecular weight is 368 g/mol. The molecule has 0 saturated heterocycles. The minimum atomic E-state index is -0.888. The van der Waals surface area contributed by atoms with E-state index in [0.717, 1.165) is 22.4 Å². The first-order chi connectivity index (χ1) is 13.0. The molecule has 7 nitrogen and oxygen atoms in total. The highest BCUT2D eigenvalue weighted by atomic mass is 16.6. The van der Waals surface area contributed by atoms with Crippen LogP contribution in [0.5, 0.6) is 0 Å². The lowest BCUT2D eigenvalue weighted by Gasteiger charge is -2.17. The van der Waals surface area contributed by atoms with Gasteiger partial charge in [0.1, 0.15) is 12.6 Å². The number of esters is 1. The Hall–Kier alpha value is -3.35. The molecule has 27 heavy (non-hydrogen) atoms. The predicted octanol–water partition coefficient (Wildman–Crippen LogP) is 2.19. The summed E-state index contributed by atoms with van der Waals surface area (Å²) in [5.74, 6) is -0.629. The number of benzene rings is 2. The molecule has 2 N–H and O–H groups in total. The Bertz CT molecular complexity index is 851. The fourth-order valence-corrected chi connectivity index (χ4v) is 2.89. The second kappa shape index (κ2) is 8.35. The first-order valence-electron chi connectivity index (χ1n) is 8.52. The number of hydrogen-bond acceptors (Lipinski definition) is 5. The van der Waals surface area contributed by atoms with Crippen molar-refractivity contribution < 1.29 is 23.9 Å². The van der Waals surface area contributed by atoms with Gasteiger partial charge in [-0.25, -0.2) is 9.59 Å². The summed E-state index contributed by atoms with van der Waals surface area (Å²) in [6.45, 7) is 0.104. The molecule has 0 spiro atoms. The van der Waals surface area contributed by atoms with Crippen LogP contribution < -0.4 is 10.6 Å². The van der Waals surface area contributed by atoms with Gasteiger partial charge in [0, 0.05) is 12.1 Å². The van der Waals surface area contributed by atoms with Crippen LogP contribution in [0.3, 0.4) is 0 Å². The SMILES string of the molecule is COC(=O)C(Cc1ccc2c(c1)CC(=O)N2)NC(=O)OCc1ccccc1. The number of hydrogen-bond donors (Lipinski definition) is 2. The summed E-state index contributed by atoms with van der Waals surface area (Å²) >= 11 is 0. The van der Waals surface area contributed by atoms with Crippen LogP contribution in [0.15, 0.2) is 48.5 Å². The van der Waals surface area contributed by atoms with Crippen LogP contribution >= 0.6 is 0 Å². The van der Waals surface area contributed by atoms with Gasteiger partial charge in [-0.3, -0.25) is 4.79 Å². The van der Waals surface area contributed by atoms with E-state index in [1.54, 1.807) is 12.1 Å². The zero-order chi connectivity index (χ0) is 19.2. The van der Waals surface area contributed by atoms with Gasteiger partial charge in [-0.15, -0.1) is 0 Å². The zero-order valence-electron chi connectivity index (χ0n) is 14.9. The van der Waals surface area contributed by atoms with Gasteiger partial charge in [0.25, 0.3) is 0 Å². The molecule has 2 aromatic carbocycles. The minimum absolute atomic E-state index is 0.0608. The summed E-state index contributed by atoms with van der Waals surface area (Å²) in [6.07, 6.45) is -0.167. The number of nitrogens with one attached hydrogen (secondary N) is 2. The molecule has 2 amide bonds. The number of carbonyl (C=O) groups is 3. The Morgan fingerprint density at radius 1 is 1.15 bits per heavy atom. The Morgan fingerprint density at radius 3 is 2.67 bits per heavy atom. The summed E-state index contributed by atoms with van der Waals surface area (Å²) in [5, 5.41) is 5.30. The van der Waals surface area contributed by atoms with Gasteiger partial charge in [0.15, 0.2) is 0 Å². The van der Waals surface area contributed by atoms with Crippen molar-refractivity contribution in [2.45, 2.75) is 25.5 Å². The van der Waals surface area contributed by atoms with Gasteiger partial charge in [-0.05, 0) is 22.8 Å².